The molecular formula is C13H17F2NO4S. The van der Waals surface area contributed by atoms with Crippen LogP contribution in [-0.4, -0.2) is 31.3 Å². The molecule has 0 radical (unpaired) electrons. The third kappa shape index (κ3) is 4.38. The van der Waals surface area contributed by atoms with Gasteiger partial charge in [0.2, 0.25) is 9.84 Å². The number of sulfone groups is 1. The average molecular weight is 321 g/mol. The van der Waals surface area contributed by atoms with Crippen molar-refractivity contribution in [2.45, 2.75) is 37.0 Å². The van der Waals surface area contributed by atoms with Crippen LogP contribution in [0.4, 0.5) is 14.5 Å². The highest BCUT2D eigenvalue weighted by Crippen LogP contribution is 2.27. The van der Waals surface area contributed by atoms with Crippen molar-refractivity contribution >= 4 is 21.5 Å². The maximum absolute atomic E-state index is 12.7. The van der Waals surface area contributed by atoms with Crippen LogP contribution < -0.4 is 5.32 Å². The number of hydrogen-bond donors (Lipinski definition) is 2. The summed E-state index contributed by atoms with van der Waals surface area (Å²) in [6.45, 7) is 3.51. The second kappa shape index (κ2) is 6.84. The van der Waals surface area contributed by atoms with E-state index in [1.807, 2.05) is 0 Å². The summed E-state index contributed by atoms with van der Waals surface area (Å²) < 4.78 is 48.6. The van der Waals surface area contributed by atoms with Crippen molar-refractivity contribution in [1.29, 1.82) is 0 Å². The Kier molecular flexibility index (Phi) is 5.65. The molecule has 0 bridgehead atoms. The molecule has 0 spiro atoms. The highest BCUT2D eigenvalue weighted by Gasteiger charge is 2.30. The van der Waals surface area contributed by atoms with Crippen molar-refractivity contribution in [3.05, 3.63) is 24.3 Å². The monoisotopic (exact) mass is 321 g/mol. The van der Waals surface area contributed by atoms with Crippen LogP contribution in [0.15, 0.2) is 29.2 Å². The first kappa shape index (κ1) is 17.4. The van der Waals surface area contributed by atoms with Crippen LogP contribution in [0.5, 0.6) is 0 Å². The lowest BCUT2D eigenvalue weighted by Crippen LogP contribution is -2.29. The summed E-state index contributed by atoms with van der Waals surface area (Å²) in [4.78, 5) is 10.3. The number of aliphatic carboxylic acids is 1. The molecule has 8 heteroatoms. The van der Waals surface area contributed by atoms with Crippen LogP contribution in [0, 0.1) is 5.92 Å². The normalized spacial score (nSPS) is 13.4. The molecule has 0 heterocycles. The minimum Gasteiger partial charge on any atom is -0.481 e. The van der Waals surface area contributed by atoms with Crippen LogP contribution >= 0.6 is 0 Å². The molecule has 1 rings (SSSR count). The van der Waals surface area contributed by atoms with Crippen molar-refractivity contribution in [2.24, 2.45) is 5.92 Å². The number of rotatable bonds is 7. The van der Waals surface area contributed by atoms with Gasteiger partial charge in [-0.1, -0.05) is 26.0 Å². The predicted octanol–water partition coefficient (Wildman–Crippen LogP) is 2.59. The van der Waals surface area contributed by atoms with Gasteiger partial charge in [0.25, 0.3) is 0 Å². The average Bonchev–Trinajstić information content (AvgIpc) is 2.37. The lowest BCUT2D eigenvalue weighted by atomic mass is 10.0. The third-order valence-electron chi connectivity index (χ3n) is 2.97. The van der Waals surface area contributed by atoms with Crippen molar-refractivity contribution < 1.29 is 27.1 Å². The molecule has 0 aromatic heterocycles. The number of para-hydroxylation sites is 1. The van der Waals surface area contributed by atoms with E-state index in [9.17, 15) is 22.0 Å². The Hall–Kier alpha value is -1.70. The molecule has 5 nitrogen and oxygen atoms in total. The summed E-state index contributed by atoms with van der Waals surface area (Å²) in [5.74, 6) is -4.71. The molecule has 1 atom stereocenters. The summed E-state index contributed by atoms with van der Waals surface area (Å²) in [7, 11) is -4.75. The zero-order chi connectivity index (χ0) is 16.2. The van der Waals surface area contributed by atoms with Crippen molar-refractivity contribution in [3.8, 4) is 0 Å². The topological polar surface area (TPSA) is 83.5 Å². The third-order valence-corrected chi connectivity index (χ3v) is 4.41. The zero-order valence-electron chi connectivity index (χ0n) is 11.6. The largest absolute Gasteiger partial charge is 0.481 e. The van der Waals surface area contributed by atoms with Crippen LogP contribution in [0.2, 0.25) is 0 Å². The first-order chi connectivity index (χ1) is 9.66. The van der Waals surface area contributed by atoms with E-state index in [-0.39, 0.29) is 18.0 Å². The van der Waals surface area contributed by atoms with E-state index >= 15 is 0 Å². The summed E-state index contributed by atoms with van der Waals surface area (Å²) in [6.07, 6.45) is -0.249. The van der Waals surface area contributed by atoms with Gasteiger partial charge in [0.1, 0.15) is 0 Å². The molecule has 1 aromatic carbocycles. The molecule has 0 saturated heterocycles. The second-order valence-corrected chi connectivity index (χ2v) is 6.78. The first-order valence-corrected chi connectivity index (χ1v) is 7.80. The second-order valence-electron chi connectivity index (χ2n) is 4.89. The molecule has 0 aliphatic rings. The van der Waals surface area contributed by atoms with E-state index in [1.54, 1.807) is 13.8 Å². The molecule has 0 saturated carbocycles. The quantitative estimate of drug-likeness (QED) is 0.806. The molecule has 0 aliphatic carbocycles. The fourth-order valence-electron chi connectivity index (χ4n) is 1.77. The first-order valence-electron chi connectivity index (χ1n) is 6.25. The Morgan fingerprint density at radius 2 is 1.86 bits per heavy atom. The fraction of sp³-hybridized carbons (Fsp3) is 0.462. The van der Waals surface area contributed by atoms with Crippen molar-refractivity contribution in [3.63, 3.8) is 0 Å². The Morgan fingerprint density at radius 3 is 2.33 bits per heavy atom. The van der Waals surface area contributed by atoms with Crippen LogP contribution in [0.25, 0.3) is 0 Å². The molecule has 0 aliphatic heterocycles. The number of carboxylic acid groups (broad SMARTS) is 1. The summed E-state index contributed by atoms with van der Waals surface area (Å²) in [5.41, 5.74) is -0.0160. The predicted molar refractivity (Wildman–Crippen MR) is 74.1 cm³/mol. The number of nitrogens with one attached hydrogen (secondary N) is 1. The number of carboxylic acids is 1. The number of anilines is 1. The van der Waals surface area contributed by atoms with Gasteiger partial charge in [0.15, 0.2) is 0 Å². The van der Waals surface area contributed by atoms with E-state index in [4.69, 9.17) is 5.11 Å². The molecule has 21 heavy (non-hydrogen) atoms. The van der Waals surface area contributed by atoms with Gasteiger partial charge in [-0.3, -0.25) is 4.79 Å². The summed E-state index contributed by atoms with van der Waals surface area (Å²) in [6, 6.07) is 4.66. The Bertz CT molecular complexity index is 602. The van der Waals surface area contributed by atoms with Gasteiger partial charge in [-0.2, -0.15) is 8.78 Å². The van der Waals surface area contributed by atoms with Gasteiger partial charge in [-0.15, -0.1) is 0 Å². The van der Waals surface area contributed by atoms with E-state index < -0.39 is 32.5 Å². The molecule has 2 N–H and O–H groups in total. The van der Waals surface area contributed by atoms with E-state index in [2.05, 4.69) is 5.32 Å². The fourth-order valence-corrected chi connectivity index (χ4v) is 2.66. The van der Waals surface area contributed by atoms with Crippen LogP contribution in [0.1, 0.15) is 20.3 Å². The smallest absolute Gasteiger partial charge is 0.341 e. The van der Waals surface area contributed by atoms with E-state index in [1.165, 1.54) is 18.2 Å². The molecule has 0 amide bonds. The lowest BCUT2D eigenvalue weighted by molar-refractivity contribution is -0.137. The highest BCUT2D eigenvalue weighted by atomic mass is 32.2. The van der Waals surface area contributed by atoms with Gasteiger partial charge in [0, 0.05) is 6.04 Å². The molecule has 0 fully saturated rings. The van der Waals surface area contributed by atoms with Gasteiger partial charge in [-0.25, -0.2) is 8.42 Å². The van der Waals surface area contributed by atoms with Crippen molar-refractivity contribution in [2.75, 3.05) is 5.32 Å². The van der Waals surface area contributed by atoms with Crippen molar-refractivity contribution in [1.82, 2.24) is 0 Å². The van der Waals surface area contributed by atoms with Gasteiger partial charge in [0.05, 0.1) is 17.0 Å². The highest BCUT2D eigenvalue weighted by molar-refractivity contribution is 7.91. The van der Waals surface area contributed by atoms with E-state index in [0.717, 1.165) is 6.07 Å². The number of hydrogen-bond acceptors (Lipinski definition) is 4. The SMILES string of the molecule is CC(C)C(CC(=O)O)Nc1ccccc1S(=O)(=O)C(F)F. The Morgan fingerprint density at radius 1 is 1.29 bits per heavy atom. The number of carbonyl (C=O) groups is 1. The zero-order valence-corrected chi connectivity index (χ0v) is 12.4. The molecule has 1 unspecified atom stereocenters. The number of halogens is 2. The molecular weight excluding hydrogens is 304 g/mol. The van der Waals surface area contributed by atoms with Crippen LogP contribution in [0.3, 0.4) is 0 Å². The van der Waals surface area contributed by atoms with Crippen LogP contribution in [-0.2, 0) is 14.6 Å². The van der Waals surface area contributed by atoms with Gasteiger partial charge in [-0.05, 0) is 18.1 Å². The lowest BCUT2D eigenvalue weighted by Gasteiger charge is -2.23. The standard InChI is InChI=1S/C13H17F2NO4S/c1-8(2)10(7-12(17)18)16-9-5-3-4-6-11(9)21(19,20)13(14)15/h3-6,8,10,13,16H,7H2,1-2H3,(H,17,18). The van der Waals surface area contributed by atoms with Gasteiger partial charge >= 0.3 is 11.7 Å². The summed E-state index contributed by atoms with van der Waals surface area (Å²) in [5, 5.41) is 11.6. The summed E-state index contributed by atoms with van der Waals surface area (Å²) >= 11 is 0. The number of alkyl halides is 2. The molecule has 1 aromatic rings. The van der Waals surface area contributed by atoms with E-state index in [0.29, 0.717) is 0 Å². The van der Waals surface area contributed by atoms with Gasteiger partial charge < -0.3 is 10.4 Å². The maximum Gasteiger partial charge on any atom is 0.341 e. The molecule has 118 valence electrons. The minimum atomic E-state index is -4.75. The Labute approximate surface area is 121 Å². The minimum absolute atomic E-state index is 0.0160. The Balaban J connectivity index is 3.17. The number of benzene rings is 1. The maximum atomic E-state index is 12.7.